The highest BCUT2D eigenvalue weighted by Crippen LogP contribution is 2.33. The molecule has 74 valence electrons. The number of Topliss-reactive ketones (excluding diaryl/α,β-unsaturated/α-hetero) is 1. The standard InChI is InChI=1S/C12H14O2/c1-10(13)12(7-8-14-9-12)11-5-3-2-4-6-11/h2-6H,7-9H2,1H3. The van der Waals surface area contributed by atoms with Crippen molar-refractivity contribution in [2.45, 2.75) is 18.8 Å². The van der Waals surface area contributed by atoms with Crippen LogP contribution in [0.1, 0.15) is 18.9 Å². The summed E-state index contributed by atoms with van der Waals surface area (Å²) in [4.78, 5) is 11.7. The van der Waals surface area contributed by atoms with E-state index in [2.05, 4.69) is 0 Å². The molecule has 1 heterocycles. The van der Waals surface area contributed by atoms with Crippen molar-refractivity contribution in [1.29, 1.82) is 0 Å². The molecule has 0 spiro atoms. The van der Waals surface area contributed by atoms with Gasteiger partial charge in [-0.2, -0.15) is 0 Å². The highest BCUT2D eigenvalue weighted by Gasteiger charge is 2.40. The molecule has 1 atom stereocenters. The lowest BCUT2D eigenvalue weighted by Crippen LogP contribution is -2.34. The molecule has 0 amide bonds. The fraction of sp³-hybridized carbons (Fsp3) is 0.417. The van der Waals surface area contributed by atoms with Gasteiger partial charge < -0.3 is 4.74 Å². The van der Waals surface area contributed by atoms with Crippen LogP contribution in [0.15, 0.2) is 30.3 Å². The van der Waals surface area contributed by atoms with Gasteiger partial charge in [0.15, 0.2) is 0 Å². The zero-order chi connectivity index (χ0) is 10.0. The lowest BCUT2D eigenvalue weighted by molar-refractivity contribution is -0.122. The van der Waals surface area contributed by atoms with Gasteiger partial charge in [-0.05, 0) is 18.9 Å². The SMILES string of the molecule is CC(=O)C1(c2ccccc2)CCOC1. The van der Waals surface area contributed by atoms with E-state index in [4.69, 9.17) is 4.74 Å². The monoisotopic (exact) mass is 190 g/mol. The maximum Gasteiger partial charge on any atom is 0.142 e. The second-order valence-corrected chi connectivity index (χ2v) is 3.81. The van der Waals surface area contributed by atoms with Crippen LogP contribution in [0.4, 0.5) is 0 Å². The molecule has 0 bridgehead atoms. The molecule has 2 nitrogen and oxygen atoms in total. The van der Waals surface area contributed by atoms with Gasteiger partial charge in [0.25, 0.3) is 0 Å². The molecule has 1 unspecified atom stereocenters. The van der Waals surface area contributed by atoms with Crippen molar-refractivity contribution in [3.05, 3.63) is 35.9 Å². The molecule has 14 heavy (non-hydrogen) atoms. The van der Waals surface area contributed by atoms with Crippen molar-refractivity contribution in [1.82, 2.24) is 0 Å². The number of rotatable bonds is 2. The number of carbonyl (C=O) groups excluding carboxylic acids is 1. The molecule has 1 saturated heterocycles. The van der Waals surface area contributed by atoms with Crippen molar-refractivity contribution < 1.29 is 9.53 Å². The molecule has 1 aromatic carbocycles. The van der Waals surface area contributed by atoms with Crippen LogP contribution >= 0.6 is 0 Å². The summed E-state index contributed by atoms with van der Waals surface area (Å²) in [6.45, 7) is 2.88. The topological polar surface area (TPSA) is 26.3 Å². The molecule has 0 aromatic heterocycles. The third-order valence-electron chi connectivity index (χ3n) is 3.02. The first-order valence-corrected chi connectivity index (χ1v) is 4.90. The van der Waals surface area contributed by atoms with Gasteiger partial charge in [0.2, 0.25) is 0 Å². The highest BCUT2D eigenvalue weighted by atomic mass is 16.5. The van der Waals surface area contributed by atoms with Crippen LogP contribution in [0.3, 0.4) is 0 Å². The Morgan fingerprint density at radius 3 is 2.57 bits per heavy atom. The van der Waals surface area contributed by atoms with Crippen LogP contribution < -0.4 is 0 Å². The number of hydrogen-bond acceptors (Lipinski definition) is 2. The third-order valence-corrected chi connectivity index (χ3v) is 3.02. The van der Waals surface area contributed by atoms with Gasteiger partial charge in [-0.1, -0.05) is 30.3 Å². The van der Waals surface area contributed by atoms with Crippen molar-refractivity contribution in [3.8, 4) is 0 Å². The van der Waals surface area contributed by atoms with E-state index < -0.39 is 0 Å². The highest BCUT2D eigenvalue weighted by molar-refractivity contribution is 5.88. The first-order chi connectivity index (χ1) is 6.76. The summed E-state index contributed by atoms with van der Waals surface area (Å²) in [5, 5.41) is 0. The van der Waals surface area contributed by atoms with Crippen molar-refractivity contribution in [3.63, 3.8) is 0 Å². The van der Waals surface area contributed by atoms with Crippen LogP contribution in [0.2, 0.25) is 0 Å². The normalized spacial score (nSPS) is 26.4. The fourth-order valence-corrected chi connectivity index (χ4v) is 2.03. The summed E-state index contributed by atoms with van der Waals surface area (Å²) >= 11 is 0. The maximum atomic E-state index is 11.7. The van der Waals surface area contributed by atoms with Crippen molar-refractivity contribution >= 4 is 5.78 Å². The van der Waals surface area contributed by atoms with E-state index in [1.165, 1.54) is 0 Å². The molecule has 0 radical (unpaired) electrons. The maximum absolute atomic E-state index is 11.7. The van der Waals surface area contributed by atoms with E-state index in [-0.39, 0.29) is 11.2 Å². The van der Waals surface area contributed by atoms with E-state index in [1.807, 2.05) is 30.3 Å². The molecule has 0 N–H and O–H groups in total. The Morgan fingerprint density at radius 1 is 1.36 bits per heavy atom. The summed E-state index contributed by atoms with van der Waals surface area (Å²) in [6, 6.07) is 9.93. The number of hydrogen-bond donors (Lipinski definition) is 0. The van der Waals surface area contributed by atoms with E-state index in [0.29, 0.717) is 13.2 Å². The van der Waals surface area contributed by atoms with Gasteiger partial charge in [-0.15, -0.1) is 0 Å². The Kier molecular flexibility index (Phi) is 2.38. The fourth-order valence-electron chi connectivity index (χ4n) is 2.03. The van der Waals surface area contributed by atoms with Crippen molar-refractivity contribution in [2.24, 2.45) is 0 Å². The predicted octanol–water partition coefficient (Wildman–Crippen LogP) is 1.93. The van der Waals surface area contributed by atoms with E-state index in [9.17, 15) is 4.79 Å². The van der Waals surface area contributed by atoms with E-state index in [0.717, 1.165) is 12.0 Å². The zero-order valence-corrected chi connectivity index (χ0v) is 8.32. The van der Waals surface area contributed by atoms with Crippen molar-refractivity contribution in [2.75, 3.05) is 13.2 Å². The molecule has 1 aliphatic heterocycles. The number of ketones is 1. The first-order valence-electron chi connectivity index (χ1n) is 4.90. The van der Waals surface area contributed by atoms with Gasteiger partial charge in [0.1, 0.15) is 5.78 Å². The summed E-state index contributed by atoms with van der Waals surface area (Å²) in [5.74, 6) is 0.209. The van der Waals surface area contributed by atoms with Crippen LogP contribution in [0, 0.1) is 0 Å². The quantitative estimate of drug-likeness (QED) is 0.712. The molecular weight excluding hydrogens is 176 g/mol. The zero-order valence-electron chi connectivity index (χ0n) is 8.32. The largest absolute Gasteiger partial charge is 0.380 e. The molecule has 2 heteroatoms. The molecule has 1 aliphatic rings. The Morgan fingerprint density at radius 2 is 2.07 bits per heavy atom. The first kappa shape index (κ1) is 9.41. The summed E-state index contributed by atoms with van der Waals surface area (Å²) in [6.07, 6.45) is 0.812. The molecular formula is C12H14O2. The second kappa shape index (κ2) is 3.54. The Labute approximate surface area is 83.9 Å². The van der Waals surface area contributed by atoms with Gasteiger partial charge in [0.05, 0.1) is 12.0 Å². The van der Waals surface area contributed by atoms with Gasteiger partial charge >= 0.3 is 0 Å². The Balaban J connectivity index is 2.42. The van der Waals surface area contributed by atoms with Crippen LogP contribution in [-0.2, 0) is 14.9 Å². The van der Waals surface area contributed by atoms with Crippen LogP contribution in [0.25, 0.3) is 0 Å². The van der Waals surface area contributed by atoms with Gasteiger partial charge in [0, 0.05) is 6.61 Å². The van der Waals surface area contributed by atoms with Gasteiger partial charge in [-0.25, -0.2) is 0 Å². The van der Waals surface area contributed by atoms with E-state index >= 15 is 0 Å². The molecule has 0 saturated carbocycles. The lowest BCUT2D eigenvalue weighted by Gasteiger charge is -2.24. The summed E-state index contributed by atoms with van der Waals surface area (Å²) in [7, 11) is 0. The molecule has 1 fully saturated rings. The summed E-state index contributed by atoms with van der Waals surface area (Å²) < 4.78 is 5.36. The van der Waals surface area contributed by atoms with Gasteiger partial charge in [-0.3, -0.25) is 4.79 Å². The molecule has 0 aliphatic carbocycles. The number of benzene rings is 1. The minimum Gasteiger partial charge on any atom is -0.380 e. The molecule has 2 rings (SSSR count). The third kappa shape index (κ3) is 1.36. The minimum atomic E-state index is -0.374. The average molecular weight is 190 g/mol. The van der Waals surface area contributed by atoms with Crippen LogP contribution in [-0.4, -0.2) is 19.0 Å². The van der Waals surface area contributed by atoms with E-state index in [1.54, 1.807) is 6.92 Å². The second-order valence-electron chi connectivity index (χ2n) is 3.81. The van der Waals surface area contributed by atoms with Crippen LogP contribution in [0.5, 0.6) is 0 Å². The average Bonchev–Trinajstić information content (AvgIpc) is 2.69. The Bertz CT molecular complexity index is 323. The molecule has 1 aromatic rings. The summed E-state index contributed by atoms with van der Waals surface area (Å²) in [5.41, 5.74) is 0.714. The number of carbonyl (C=O) groups is 1. The predicted molar refractivity (Wildman–Crippen MR) is 54.2 cm³/mol. The minimum absolute atomic E-state index is 0.209. The number of ether oxygens (including phenoxy) is 1. The Hall–Kier alpha value is -1.15. The lowest BCUT2D eigenvalue weighted by atomic mass is 9.77. The smallest absolute Gasteiger partial charge is 0.142 e.